The minimum Gasteiger partial charge on any atom is -0.272 e. The molecule has 1 amide bonds. The zero-order chi connectivity index (χ0) is 15.1. The summed E-state index contributed by atoms with van der Waals surface area (Å²) in [6.07, 6.45) is 2.38. The molecule has 0 spiro atoms. The number of amides is 1. The SMILES string of the molecule is CC[C@@H](C(=O)NN=Cc1ccc(Br)cc1)c1ccccc1. The molecule has 2 rings (SSSR count). The van der Waals surface area contributed by atoms with Gasteiger partial charge in [-0.25, -0.2) is 5.43 Å². The highest BCUT2D eigenvalue weighted by Crippen LogP contribution is 2.19. The Kier molecular flexibility index (Phi) is 5.69. The number of hydrazone groups is 1. The predicted octanol–water partition coefficient (Wildman–Crippen LogP) is 4.09. The maximum absolute atomic E-state index is 12.2. The number of hydrogen-bond donors (Lipinski definition) is 1. The van der Waals surface area contributed by atoms with Gasteiger partial charge in [-0.3, -0.25) is 4.79 Å². The van der Waals surface area contributed by atoms with E-state index in [1.807, 2.05) is 61.5 Å². The van der Waals surface area contributed by atoms with Crippen LogP contribution in [-0.2, 0) is 4.79 Å². The lowest BCUT2D eigenvalue weighted by molar-refractivity contribution is -0.122. The lowest BCUT2D eigenvalue weighted by Crippen LogP contribution is -2.25. The maximum atomic E-state index is 12.2. The largest absolute Gasteiger partial charge is 0.272 e. The van der Waals surface area contributed by atoms with Crippen LogP contribution in [0.25, 0.3) is 0 Å². The number of carbonyl (C=O) groups is 1. The Bertz CT molecular complexity index is 608. The first kappa shape index (κ1) is 15.4. The summed E-state index contributed by atoms with van der Waals surface area (Å²) >= 11 is 3.38. The molecule has 4 heteroatoms. The van der Waals surface area contributed by atoms with Crippen molar-refractivity contribution in [3.63, 3.8) is 0 Å². The van der Waals surface area contributed by atoms with Gasteiger partial charge in [0.1, 0.15) is 0 Å². The fourth-order valence-corrected chi connectivity index (χ4v) is 2.32. The molecule has 0 saturated heterocycles. The zero-order valence-electron chi connectivity index (χ0n) is 11.8. The summed E-state index contributed by atoms with van der Waals surface area (Å²) in [5.74, 6) is -0.259. The minimum absolute atomic E-state index is 0.0861. The lowest BCUT2D eigenvalue weighted by Gasteiger charge is -2.12. The van der Waals surface area contributed by atoms with Crippen LogP contribution in [0.1, 0.15) is 30.4 Å². The number of nitrogens with one attached hydrogen (secondary N) is 1. The molecule has 0 radical (unpaired) electrons. The van der Waals surface area contributed by atoms with E-state index in [0.717, 1.165) is 22.0 Å². The molecule has 1 N–H and O–H groups in total. The van der Waals surface area contributed by atoms with Crippen LogP contribution in [0.15, 0.2) is 64.2 Å². The molecule has 108 valence electrons. The summed E-state index contributed by atoms with van der Waals surface area (Å²) in [7, 11) is 0. The van der Waals surface area contributed by atoms with E-state index in [-0.39, 0.29) is 11.8 Å². The first-order valence-corrected chi connectivity index (χ1v) is 7.63. The van der Waals surface area contributed by atoms with Crippen molar-refractivity contribution in [2.24, 2.45) is 5.10 Å². The summed E-state index contributed by atoms with van der Waals surface area (Å²) in [6.45, 7) is 2.00. The Morgan fingerprint density at radius 2 is 1.86 bits per heavy atom. The summed E-state index contributed by atoms with van der Waals surface area (Å²) in [5.41, 5.74) is 4.56. The van der Waals surface area contributed by atoms with Gasteiger partial charge in [0.05, 0.1) is 12.1 Å². The van der Waals surface area contributed by atoms with E-state index in [1.54, 1.807) is 6.21 Å². The van der Waals surface area contributed by atoms with E-state index in [0.29, 0.717) is 0 Å². The monoisotopic (exact) mass is 344 g/mol. The van der Waals surface area contributed by atoms with Crippen LogP contribution in [0, 0.1) is 0 Å². The third-order valence-corrected chi connectivity index (χ3v) is 3.71. The van der Waals surface area contributed by atoms with Crippen LogP contribution >= 0.6 is 15.9 Å². The average molecular weight is 345 g/mol. The van der Waals surface area contributed by atoms with E-state index in [4.69, 9.17) is 0 Å². The van der Waals surface area contributed by atoms with Crippen molar-refractivity contribution in [2.75, 3.05) is 0 Å². The molecule has 21 heavy (non-hydrogen) atoms. The molecule has 2 aromatic rings. The van der Waals surface area contributed by atoms with E-state index in [9.17, 15) is 4.79 Å². The zero-order valence-corrected chi connectivity index (χ0v) is 13.4. The number of halogens is 1. The van der Waals surface area contributed by atoms with Gasteiger partial charge in [0.25, 0.3) is 0 Å². The Hall–Kier alpha value is -1.94. The van der Waals surface area contributed by atoms with Crippen LogP contribution in [0.2, 0.25) is 0 Å². The van der Waals surface area contributed by atoms with Crippen molar-refractivity contribution in [3.8, 4) is 0 Å². The molecule has 1 atom stereocenters. The van der Waals surface area contributed by atoms with Crippen LogP contribution in [-0.4, -0.2) is 12.1 Å². The first-order chi connectivity index (χ1) is 10.2. The van der Waals surface area contributed by atoms with Crippen molar-refractivity contribution in [2.45, 2.75) is 19.3 Å². The third-order valence-electron chi connectivity index (χ3n) is 3.19. The van der Waals surface area contributed by atoms with Gasteiger partial charge in [-0.05, 0) is 29.7 Å². The highest BCUT2D eigenvalue weighted by atomic mass is 79.9. The van der Waals surface area contributed by atoms with E-state index in [2.05, 4.69) is 26.5 Å². The number of carbonyl (C=O) groups excluding carboxylic acids is 1. The quantitative estimate of drug-likeness (QED) is 0.644. The van der Waals surface area contributed by atoms with Crippen molar-refractivity contribution < 1.29 is 4.79 Å². The predicted molar refractivity (Wildman–Crippen MR) is 89.4 cm³/mol. The standard InChI is InChI=1S/C17H17BrN2O/c1-2-16(14-6-4-3-5-7-14)17(21)20-19-12-13-8-10-15(18)11-9-13/h3-12,16H,2H2,1H3,(H,20,21)/t16-/m1/s1. The molecular weight excluding hydrogens is 328 g/mol. The fourth-order valence-electron chi connectivity index (χ4n) is 2.06. The minimum atomic E-state index is -0.173. The van der Waals surface area contributed by atoms with Gasteiger partial charge in [-0.2, -0.15) is 5.10 Å². The van der Waals surface area contributed by atoms with Gasteiger partial charge >= 0.3 is 0 Å². The van der Waals surface area contributed by atoms with Gasteiger partial charge in [-0.1, -0.05) is 65.3 Å². The fraction of sp³-hybridized carbons (Fsp3) is 0.176. The molecule has 2 aromatic carbocycles. The Morgan fingerprint density at radius 1 is 1.19 bits per heavy atom. The summed E-state index contributed by atoms with van der Waals surface area (Å²) < 4.78 is 1.01. The Morgan fingerprint density at radius 3 is 2.48 bits per heavy atom. The van der Waals surface area contributed by atoms with Crippen molar-refractivity contribution >= 4 is 28.1 Å². The van der Waals surface area contributed by atoms with Crippen molar-refractivity contribution in [1.82, 2.24) is 5.43 Å². The van der Waals surface area contributed by atoms with Gasteiger partial charge in [0.2, 0.25) is 5.91 Å². The highest BCUT2D eigenvalue weighted by Gasteiger charge is 2.17. The second kappa shape index (κ2) is 7.74. The normalized spacial score (nSPS) is 12.3. The molecule has 0 aromatic heterocycles. The van der Waals surface area contributed by atoms with Gasteiger partial charge in [-0.15, -0.1) is 0 Å². The summed E-state index contributed by atoms with van der Waals surface area (Å²) in [4.78, 5) is 12.2. The molecule has 0 aliphatic rings. The van der Waals surface area contributed by atoms with Crippen LogP contribution in [0.3, 0.4) is 0 Å². The lowest BCUT2D eigenvalue weighted by atomic mass is 9.96. The van der Waals surface area contributed by atoms with Gasteiger partial charge in [0, 0.05) is 4.47 Å². The van der Waals surface area contributed by atoms with Crippen LogP contribution in [0.5, 0.6) is 0 Å². The first-order valence-electron chi connectivity index (χ1n) is 6.84. The molecule has 0 bridgehead atoms. The molecular formula is C17H17BrN2O. The Labute approximate surface area is 133 Å². The molecule has 0 aliphatic heterocycles. The molecule has 0 fully saturated rings. The second-order valence-electron chi connectivity index (χ2n) is 4.66. The summed E-state index contributed by atoms with van der Waals surface area (Å²) in [6, 6.07) is 17.5. The number of hydrogen-bond acceptors (Lipinski definition) is 2. The third kappa shape index (κ3) is 4.53. The molecule has 0 saturated carbocycles. The molecule has 0 heterocycles. The second-order valence-corrected chi connectivity index (χ2v) is 5.57. The summed E-state index contributed by atoms with van der Waals surface area (Å²) in [5, 5.41) is 4.03. The Balaban J connectivity index is 1.98. The topological polar surface area (TPSA) is 41.5 Å². The van der Waals surface area contributed by atoms with Crippen molar-refractivity contribution in [3.05, 3.63) is 70.2 Å². The average Bonchev–Trinajstić information content (AvgIpc) is 2.51. The van der Waals surface area contributed by atoms with Gasteiger partial charge in [0.15, 0.2) is 0 Å². The van der Waals surface area contributed by atoms with Gasteiger partial charge < -0.3 is 0 Å². The van der Waals surface area contributed by atoms with E-state index < -0.39 is 0 Å². The van der Waals surface area contributed by atoms with Crippen LogP contribution in [0.4, 0.5) is 0 Å². The smallest absolute Gasteiger partial charge is 0.247 e. The van der Waals surface area contributed by atoms with E-state index in [1.165, 1.54) is 0 Å². The molecule has 0 aliphatic carbocycles. The number of nitrogens with zero attached hydrogens (tertiary/aromatic N) is 1. The maximum Gasteiger partial charge on any atom is 0.247 e. The number of benzene rings is 2. The number of rotatable bonds is 5. The molecule has 0 unspecified atom stereocenters. The van der Waals surface area contributed by atoms with Crippen LogP contribution < -0.4 is 5.43 Å². The highest BCUT2D eigenvalue weighted by molar-refractivity contribution is 9.10. The molecule has 3 nitrogen and oxygen atoms in total. The van der Waals surface area contributed by atoms with Crippen molar-refractivity contribution in [1.29, 1.82) is 0 Å². The van der Waals surface area contributed by atoms with E-state index >= 15 is 0 Å².